The van der Waals surface area contributed by atoms with Gasteiger partial charge in [-0.15, -0.1) is 0 Å². The van der Waals surface area contributed by atoms with Crippen LogP contribution >= 0.6 is 232 Å². The highest BCUT2D eigenvalue weighted by Crippen LogP contribution is 2.50. The minimum Gasteiger partial charge on any atom is -0.870 e. The van der Waals surface area contributed by atoms with Gasteiger partial charge in [0.2, 0.25) is 0 Å². The van der Waals surface area contributed by atoms with Gasteiger partial charge in [-0.3, -0.25) is 0 Å². The average Bonchev–Trinajstić information content (AvgIpc) is 3.29. The van der Waals surface area contributed by atoms with E-state index < -0.39 is 11.5 Å². The third-order valence-corrected chi connectivity index (χ3v) is 16.4. The van der Waals surface area contributed by atoms with Gasteiger partial charge in [0.15, 0.2) is 36.3 Å². The van der Waals surface area contributed by atoms with Crippen LogP contribution in [0.3, 0.4) is 0 Å². The van der Waals surface area contributed by atoms with Crippen molar-refractivity contribution < 1.29 is 30.4 Å². The van der Waals surface area contributed by atoms with Gasteiger partial charge in [-0.25, -0.2) is 9.97 Å². The maximum Gasteiger partial charge on any atom is 0.170 e. The molecule has 0 aliphatic carbocycles. The van der Waals surface area contributed by atoms with E-state index in [1.54, 1.807) is 0 Å². The summed E-state index contributed by atoms with van der Waals surface area (Å²) in [5, 5.41) is 39.0. The standard InChI is InChI=1S/2C7H9N.4C6HCl5O/c2*1-6-3-4-8-5-7(6)2;4*7-1-2(8)4(10)6(12)5(11)3(1)9/h2*3-5H,1-2H3;4*12H. The van der Waals surface area contributed by atoms with Gasteiger partial charge in [-0.2, -0.15) is 0 Å². The van der Waals surface area contributed by atoms with Crippen molar-refractivity contribution in [3.63, 3.8) is 0 Å². The fourth-order valence-corrected chi connectivity index (χ4v) is 8.04. The Morgan fingerprint density at radius 1 is 0.297 bits per heavy atom. The molecule has 0 saturated heterocycles. The Kier molecular flexibility index (Phi) is 27.9. The minimum absolute atomic E-state index is 0.00654. The molecule has 0 amide bonds. The third kappa shape index (κ3) is 16.7. The van der Waals surface area contributed by atoms with Crippen molar-refractivity contribution in [1.82, 2.24) is 0 Å². The normalized spacial score (nSPS) is 10.1. The summed E-state index contributed by atoms with van der Waals surface area (Å²) in [4.78, 5) is 6.00. The van der Waals surface area contributed by atoms with Crippen LogP contribution in [0.2, 0.25) is 100 Å². The summed E-state index contributed by atoms with van der Waals surface area (Å²) in [7, 11) is 0. The van der Waals surface area contributed by atoms with E-state index in [2.05, 4.69) is 49.8 Å². The number of H-pyrrole nitrogens is 2. The van der Waals surface area contributed by atoms with Crippen LogP contribution < -0.4 is 20.2 Å². The number of pyridine rings is 2. The molecule has 26 heteroatoms. The highest BCUT2D eigenvalue weighted by atomic mass is 35.5. The fraction of sp³-hybridized carbons (Fsp3) is 0.105. The molecule has 0 spiro atoms. The molecule has 4 aromatic carbocycles. The number of phenolic OH excluding ortho intramolecular Hbond substituents is 2. The zero-order chi connectivity index (χ0) is 49.8. The second kappa shape index (κ2) is 28.7. The SMILES string of the molecule is Cc1cc[nH+]cc1C.Cc1cc[nH+]cc1C.Oc1c(Cl)c(Cl)c(Cl)c(Cl)c1Cl.Oc1c(Cl)c(Cl)c(Cl)c(Cl)c1Cl.[O-]c1c(Cl)c(Cl)c(Cl)c(Cl)c1Cl.[O-]c1c(Cl)c(Cl)c(Cl)c(Cl)c1Cl. The Hall–Kier alpha value is 0.180. The summed E-state index contributed by atoms with van der Waals surface area (Å²) < 4.78 is 0. The molecule has 64 heavy (non-hydrogen) atoms. The van der Waals surface area contributed by atoms with Crippen LogP contribution in [-0.4, -0.2) is 10.2 Å². The maximum absolute atomic E-state index is 11.1. The van der Waals surface area contributed by atoms with E-state index in [-0.39, 0.29) is 112 Å². The number of benzene rings is 4. The summed E-state index contributed by atoms with van der Waals surface area (Å²) in [5.41, 5.74) is 5.30. The van der Waals surface area contributed by atoms with Crippen molar-refractivity contribution in [3.8, 4) is 23.0 Å². The van der Waals surface area contributed by atoms with Crippen LogP contribution in [0.1, 0.15) is 22.3 Å². The molecule has 6 aromatic rings. The first-order valence-electron chi connectivity index (χ1n) is 16.1. The van der Waals surface area contributed by atoms with Crippen molar-refractivity contribution in [3.05, 3.63) is 160 Å². The number of aromatic amines is 2. The minimum atomic E-state index is -0.613. The maximum atomic E-state index is 11.1. The lowest BCUT2D eigenvalue weighted by Crippen LogP contribution is -1.99. The predicted octanol–water partition coefficient (Wildman–Crippen LogP) is 19.6. The second-order valence-corrected chi connectivity index (χ2v) is 19.2. The molecular formula is C38H22Cl20N2O4. The zero-order valence-electron chi connectivity index (χ0n) is 31.7. The summed E-state index contributed by atoms with van der Waals surface area (Å²) in [6.07, 6.45) is 7.86. The zero-order valence-corrected chi connectivity index (χ0v) is 46.9. The summed E-state index contributed by atoms with van der Waals surface area (Å²) in [6.45, 7) is 8.38. The molecule has 0 bridgehead atoms. The Morgan fingerprint density at radius 3 is 0.625 bits per heavy atom. The van der Waals surface area contributed by atoms with Crippen molar-refractivity contribution in [2.45, 2.75) is 27.7 Å². The quantitative estimate of drug-likeness (QED) is 0.116. The number of phenols is 2. The molecule has 6 rings (SSSR count). The molecular weight excluding hydrogens is 1260 g/mol. The van der Waals surface area contributed by atoms with E-state index in [9.17, 15) is 20.4 Å². The van der Waals surface area contributed by atoms with Gasteiger partial charge >= 0.3 is 0 Å². The molecule has 0 unspecified atom stereocenters. The van der Waals surface area contributed by atoms with Gasteiger partial charge in [-0.1, -0.05) is 244 Å². The monoisotopic (exact) mass is 1270 g/mol. The van der Waals surface area contributed by atoms with Gasteiger partial charge in [-0.05, 0) is 38.8 Å². The van der Waals surface area contributed by atoms with E-state index >= 15 is 0 Å². The fourth-order valence-electron chi connectivity index (χ4n) is 3.54. The first-order chi connectivity index (χ1) is 29.5. The third-order valence-electron chi connectivity index (χ3n) is 7.42. The molecule has 0 radical (unpaired) electrons. The number of aromatic hydroxyl groups is 2. The van der Waals surface area contributed by atoms with Gasteiger partial charge in [0.1, 0.15) is 20.1 Å². The molecule has 0 fully saturated rings. The number of aromatic nitrogens is 2. The van der Waals surface area contributed by atoms with Crippen LogP contribution in [0.5, 0.6) is 23.0 Å². The van der Waals surface area contributed by atoms with Gasteiger partial charge in [0, 0.05) is 23.3 Å². The predicted molar refractivity (Wildman–Crippen MR) is 273 cm³/mol. The largest absolute Gasteiger partial charge is 0.870 e. The van der Waals surface area contributed by atoms with Crippen molar-refractivity contribution >= 4 is 232 Å². The lowest BCUT2D eigenvalue weighted by atomic mass is 10.2. The summed E-state index contributed by atoms with van der Waals surface area (Å²) >= 11 is 111. The van der Waals surface area contributed by atoms with Crippen molar-refractivity contribution in [2.24, 2.45) is 0 Å². The molecule has 2 heterocycles. The van der Waals surface area contributed by atoms with Crippen LogP contribution in [0.25, 0.3) is 0 Å². The Labute approximate surface area is 467 Å². The molecule has 0 aliphatic heterocycles. The first-order valence-corrected chi connectivity index (χ1v) is 23.7. The molecule has 6 nitrogen and oxygen atoms in total. The lowest BCUT2D eigenvalue weighted by molar-refractivity contribution is -0.379. The molecule has 0 atom stereocenters. The number of hydrogen-bond acceptors (Lipinski definition) is 4. The average molecular weight is 1280 g/mol. The van der Waals surface area contributed by atoms with Gasteiger partial charge in [0.05, 0.1) is 80.4 Å². The van der Waals surface area contributed by atoms with Crippen molar-refractivity contribution in [1.29, 1.82) is 0 Å². The number of rotatable bonds is 0. The Morgan fingerprint density at radius 2 is 0.469 bits per heavy atom. The summed E-state index contributed by atoms with van der Waals surface area (Å²) in [6, 6.07) is 4.13. The lowest BCUT2D eigenvalue weighted by Gasteiger charge is -2.14. The van der Waals surface area contributed by atoms with Crippen LogP contribution in [0.4, 0.5) is 0 Å². The van der Waals surface area contributed by atoms with E-state index in [0.29, 0.717) is 0 Å². The number of aryl methyl sites for hydroxylation is 4. The van der Waals surface area contributed by atoms with Gasteiger partial charge < -0.3 is 20.4 Å². The van der Waals surface area contributed by atoms with Crippen LogP contribution in [-0.2, 0) is 0 Å². The molecule has 0 saturated carbocycles. The van der Waals surface area contributed by atoms with Crippen molar-refractivity contribution in [2.75, 3.05) is 0 Å². The van der Waals surface area contributed by atoms with Crippen LogP contribution in [0.15, 0.2) is 36.9 Å². The first kappa shape index (κ1) is 62.2. The number of hydrogen-bond donors (Lipinski definition) is 2. The topological polar surface area (TPSA) is 115 Å². The van der Waals surface area contributed by atoms with E-state index in [4.69, 9.17) is 232 Å². The van der Waals surface area contributed by atoms with Gasteiger partial charge in [0.25, 0.3) is 0 Å². The Bertz CT molecular complexity index is 1860. The van der Waals surface area contributed by atoms with Crippen LogP contribution in [0, 0.1) is 27.7 Å². The molecule has 4 N–H and O–H groups in total. The number of nitrogens with one attached hydrogen (secondary N) is 2. The van der Waals surface area contributed by atoms with E-state index in [1.807, 2.05) is 24.8 Å². The van der Waals surface area contributed by atoms with E-state index in [1.165, 1.54) is 22.3 Å². The molecule has 348 valence electrons. The Balaban J connectivity index is 0.000000387. The molecule has 2 aromatic heterocycles. The van der Waals surface area contributed by atoms with E-state index in [0.717, 1.165) is 0 Å². The highest BCUT2D eigenvalue weighted by molar-refractivity contribution is 6.58. The number of halogens is 20. The second-order valence-electron chi connectivity index (χ2n) is 11.7. The smallest absolute Gasteiger partial charge is 0.170 e. The molecule has 0 aliphatic rings. The summed E-state index contributed by atoms with van der Waals surface area (Å²) in [5.74, 6) is -1.95. The highest BCUT2D eigenvalue weighted by Gasteiger charge is 2.19.